The average Bonchev–Trinajstić information content (AvgIpc) is 2.69. The van der Waals surface area contributed by atoms with Crippen molar-refractivity contribution < 1.29 is 4.42 Å². The zero-order valence-corrected chi connectivity index (χ0v) is 12.5. The van der Waals surface area contributed by atoms with E-state index in [1.807, 2.05) is 24.3 Å². The lowest BCUT2D eigenvalue weighted by Crippen LogP contribution is -2.29. The molecule has 1 atom stereocenters. The summed E-state index contributed by atoms with van der Waals surface area (Å²) in [5.41, 5.74) is 1.90. The lowest BCUT2D eigenvalue weighted by molar-refractivity contribution is 0.365. The predicted molar refractivity (Wildman–Crippen MR) is 80.7 cm³/mol. The van der Waals surface area contributed by atoms with Crippen molar-refractivity contribution in [1.82, 2.24) is 10.2 Å². The summed E-state index contributed by atoms with van der Waals surface area (Å²) in [6.07, 6.45) is 1.11. The molecule has 0 bridgehead atoms. The van der Waals surface area contributed by atoms with E-state index in [4.69, 9.17) is 16.0 Å². The van der Waals surface area contributed by atoms with Gasteiger partial charge in [-0.2, -0.15) is 0 Å². The molecule has 0 saturated carbocycles. The fourth-order valence-electron chi connectivity index (χ4n) is 2.06. The Kier molecular flexibility index (Phi) is 4.86. The number of para-hydroxylation sites is 1. The predicted octanol–water partition coefficient (Wildman–Crippen LogP) is 3.52. The molecule has 1 aromatic carbocycles. The van der Waals surface area contributed by atoms with Crippen LogP contribution in [0.2, 0.25) is 5.22 Å². The van der Waals surface area contributed by atoms with Crippen molar-refractivity contribution >= 4 is 22.6 Å². The van der Waals surface area contributed by atoms with Crippen molar-refractivity contribution in [3.05, 3.63) is 35.0 Å². The van der Waals surface area contributed by atoms with Gasteiger partial charge < -0.3 is 14.6 Å². The lowest BCUT2D eigenvalue weighted by Gasteiger charge is -2.16. The van der Waals surface area contributed by atoms with E-state index in [1.165, 1.54) is 0 Å². The first-order valence-electron chi connectivity index (χ1n) is 6.62. The standard InChI is InChI=1S/C15H21ClN2O/c1-11(8-9-18(2)3)17-10-13-12-6-4-5-7-14(12)19-15(13)16/h4-7,11,17H,8-10H2,1-3H3. The Hall–Kier alpha value is -1.03. The van der Waals surface area contributed by atoms with Gasteiger partial charge >= 0.3 is 0 Å². The number of halogens is 1. The summed E-state index contributed by atoms with van der Waals surface area (Å²) in [4.78, 5) is 2.19. The van der Waals surface area contributed by atoms with Gasteiger partial charge in [0.1, 0.15) is 5.58 Å². The molecule has 0 aliphatic heterocycles. The smallest absolute Gasteiger partial charge is 0.199 e. The fourth-order valence-corrected chi connectivity index (χ4v) is 2.32. The molecule has 4 heteroatoms. The van der Waals surface area contributed by atoms with Gasteiger partial charge in [-0.3, -0.25) is 0 Å². The Balaban J connectivity index is 1.99. The molecule has 1 unspecified atom stereocenters. The van der Waals surface area contributed by atoms with Crippen LogP contribution in [0.1, 0.15) is 18.9 Å². The molecule has 1 aromatic heterocycles. The quantitative estimate of drug-likeness (QED) is 0.878. The minimum atomic E-state index is 0.451. The van der Waals surface area contributed by atoms with Gasteiger partial charge in [-0.05, 0) is 51.7 Å². The largest absolute Gasteiger partial charge is 0.444 e. The fraction of sp³-hybridized carbons (Fsp3) is 0.467. The van der Waals surface area contributed by atoms with E-state index in [0.717, 1.165) is 36.0 Å². The molecule has 0 amide bonds. The summed E-state index contributed by atoms with van der Waals surface area (Å²) in [6.45, 7) is 4.01. The summed E-state index contributed by atoms with van der Waals surface area (Å²) >= 11 is 6.16. The summed E-state index contributed by atoms with van der Waals surface area (Å²) in [5, 5.41) is 5.09. The second kappa shape index (κ2) is 6.42. The van der Waals surface area contributed by atoms with E-state index in [-0.39, 0.29) is 0 Å². The van der Waals surface area contributed by atoms with E-state index < -0.39 is 0 Å². The summed E-state index contributed by atoms with van der Waals surface area (Å²) in [7, 11) is 4.18. The van der Waals surface area contributed by atoms with Crippen molar-refractivity contribution in [2.24, 2.45) is 0 Å². The molecule has 19 heavy (non-hydrogen) atoms. The van der Waals surface area contributed by atoms with Crippen molar-refractivity contribution in [2.75, 3.05) is 20.6 Å². The molecule has 1 heterocycles. The first-order chi connectivity index (χ1) is 9.08. The van der Waals surface area contributed by atoms with Gasteiger partial charge in [-0.1, -0.05) is 18.2 Å². The van der Waals surface area contributed by atoms with E-state index in [0.29, 0.717) is 11.3 Å². The number of furan rings is 1. The molecule has 2 rings (SSSR count). The maximum absolute atomic E-state index is 6.16. The van der Waals surface area contributed by atoms with Crippen LogP contribution in [-0.4, -0.2) is 31.6 Å². The Bertz CT molecular complexity index is 536. The number of rotatable bonds is 6. The van der Waals surface area contributed by atoms with E-state index in [2.05, 4.69) is 31.2 Å². The van der Waals surface area contributed by atoms with Crippen LogP contribution in [0.5, 0.6) is 0 Å². The number of nitrogens with zero attached hydrogens (tertiary/aromatic N) is 1. The third-order valence-electron chi connectivity index (χ3n) is 3.29. The minimum absolute atomic E-state index is 0.451. The number of fused-ring (bicyclic) bond motifs is 1. The number of benzene rings is 1. The number of hydrogen-bond acceptors (Lipinski definition) is 3. The highest BCUT2D eigenvalue weighted by atomic mass is 35.5. The molecule has 0 aliphatic rings. The van der Waals surface area contributed by atoms with Crippen LogP contribution in [0.4, 0.5) is 0 Å². The SMILES string of the molecule is CC(CCN(C)C)NCc1c(Cl)oc2ccccc12. The first kappa shape index (κ1) is 14.4. The number of nitrogens with one attached hydrogen (secondary N) is 1. The Labute approximate surface area is 119 Å². The van der Waals surface area contributed by atoms with Gasteiger partial charge in [-0.25, -0.2) is 0 Å². The van der Waals surface area contributed by atoms with E-state index in [9.17, 15) is 0 Å². The van der Waals surface area contributed by atoms with Crippen LogP contribution >= 0.6 is 11.6 Å². The van der Waals surface area contributed by atoms with E-state index >= 15 is 0 Å². The Morgan fingerprint density at radius 3 is 2.79 bits per heavy atom. The van der Waals surface area contributed by atoms with Crippen molar-refractivity contribution in [3.63, 3.8) is 0 Å². The minimum Gasteiger partial charge on any atom is -0.444 e. The van der Waals surface area contributed by atoms with Crippen LogP contribution in [0.15, 0.2) is 28.7 Å². The molecule has 0 saturated heterocycles. The highest BCUT2D eigenvalue weighted by molar-refractivity contribution is 6.30. The average molecular weight is 281 g/mol. The third kappa shape index (κ3) is 3.72. The molecule has 2 aromatic rings. The van der Waals surface area contributed by atoms with Crippen LogP contribution in [0.3, 0.4) is 0 Å². The zero-order valence-electron chi connectivity index (χ0n) is 11.7. The monoisotopic (exact) mass is 280 g/mol. The highest BCUT2D eigenvalue weighted by Crippen LogP contribution is 2.29. The topological polar surface area (TPSA) is 28.4 Å². The second-order valence-corrected chi connectivity index (χ2v) is 5.57. The Morgan fingerprint density at radius 1 is 1.32 bits per heavy atom. The lowest BCUT2D eigenvalue weighted by atomic mass is 10.1. The number of hydrogen-bond donors (Lipinski definition) is 1. The van der Waals surface area contributed by atoms with Crippen molar-refractivity contribution in [3.8, 4) is 0 Å². The maximum atomic E-state index is 6.16. The van der Waals surface area contributed by atoms with Gasteiger partial charge in [0.15, 0.2) is 5.22 Å². The van der Waals surface area contributed by atoms with Crippen molar-refractivity contribution in [1.29, 1.82) is 0 Å². The molecule has 3 nitrogen and oxygen atoms in total. The van der Waals surface area contributed by atoms with Gasteiger partial charge in [0, 0.05) is 23.5 Å². The zero-order chi connectivity index (χ0) is 13.8. The molecule has 0 radical (unpaired) electrons. The first-order valence-corrected chi connectivity index (χ1v) is 6.99. The summed E-state index contributed by atoms with van der Waals surface area (Å²) < 4.78 is 5.55. The molecule has 0 fully saturated rings. The van der Waals surface area contributed by atoms with Gasteiger partial charge in [-0.15, -0.1) is 0 Å². The molecule has 0 aliphatic carbocycles. The van der Waals surface area contributed by atoms with Crippen molar-refractivity contribution in [2.45, 2.75) is 25.9 Å². The maximum Gasteiger partial charge on any atom is 0.199 e. The highest BCUT2D eigenvalue weighted by Gasteiger charge is 2.12. The van der Waals surface area contributed by atoms with E-state index in [1.54, 1.807) is 0 Å². The Morgan fingerprint density at radius 2 is 2.05 bits per heavy atom. The van der Waals surface area contributed by atoms with Crippen LogP contribution in [0.25, 0.3) is 11.0 Å². The van der Waals surface area contributed by atoms with Gasteiger partial charge in [0.05, 0.1) is 0 Å². The normalized spacial score (nSPS) is 13.3. The molecule has 0 spiro atoms. The van der Waals surface area contributed by atoms with Gasteiger partial charge in [0.2, 0.25) is 0 Å². The molecule has 104 valence electrons. The summed E-state index contributed by atoms with van der Waals surface area (Å²) in [5.74, 6) is 0. The molecule has 1 N–H and O–H groups in total. The van der Waals surface area contributed by atoms with Crippen LogP contribution in [0, 0.1) is 0 Å². The molecular weight excluding hydrogens is 260 g/mol. The van der Waals surface area contributed by atoms with Gasteiger partial charge in [0.25, 0.3) is 0 Å². The molecular formula is C15H21ClN2O. The van der Waals surface area contributed by atoms with Crippen LogP contribution in [-0.2, 0) is 6.54 Å². The van der Waals surface area contributed by atoms with Crippen LogP contribution < -0.4 is 5.32 Å². The third-order valence-corrected chi connectivity index (χ3v) is 3.59. The summed E-state index contributed by atoms with van der Waals surface area (Å²) in [6, 6.07) is 8.41. The second-order valence-electron chi connectivity index (χ2n) is 5.22.